The zero-order chi connectivity index (χ0) is 14.1. The van der Waals surface area contributed by atoms with Crippen molar-refractivity contribution < 1.29 is 4.74 Å². The van der Waals surface area contributed by atoms with Crippen LogP contribution in [0.25, 0.3) is 0 Å². The predicted octanol–water partition coefficient (Wildman–Crippen LogP) is 5.70. The van der Waals surface area contributed by atoms with E-state index in [2.05, 4.69) is 34.1 Å². The molecule has 104 valence electrons. The van der Waals surface area contributed by atoms with Crippen molar-refractivity contribution >= 4 is 39.1 Å². The minimum Gasteiger partial charge on any atom is -0.372 e. The Bertz CT molecular complexity index is 642. The Morgan fingerprint density at radius 2 is 1.80 bits per heavy atom. The third-order valence-corrected chi connectivity index (χ3v) is 5.10. The third kappa shape index (κ3) is 3.04. The highest BCUT2D eigenvalue weighted by Gasteiger charge is 2.15. The molecule has 0 saturated carbocycles. The molecule has 1 unspecified atom stereocenters. The lowest BCUT2D eigenvalue weighted by molar-refractivity contribution is 0.134. The molecule has 0 radical (unpaired) electrons. The Labute approximate surface area is 137 Å². The van der Waals surface area contributed by atoms with E-state index in [1.165, 1.54) is 16.7 Å². The number of hydrogen-bond donors (Lipinski definition) is 0. The summed E-state index contributed by atoms with van der Waals surface area (Å²) in [4.78, 5) is 0.255. The molecule has 2 aromatic carbocycles. The molecule has 0 bridgehead atoms. The number of fused-ring (bicyclic) bond motifs is 1. The Morgan fingerprint density at radius 1 is 1.00 bits per heavy atom. The summed E-state index contributed by atoms with van der Waals surface area (Å²) in [5.74, 6) is 0. The maximum Gasteiger partial charge on any atom is 0.0725 e. The second-order valence-electron chi connectivity index (χ2n) is 4.94. The van der Waals surface area contributed by atoms with Crippen LogP contribution < -0.4 is 0 Å². The first kappa shape index (κ1) is 14.4. The Kier molecular flexibility index (Phi) is 4.37. The molecule has 0 aromatic heterocycles. The van der Waals surface area contributed by atoms with Crippen molar-refractivity contribution in [1.82, 2.24) is 0 Å². The molecule has 20 heavy (non-hydrogen) atoms. The monoisotopic (exact) mass is 370 g/mol. The molecule has 0 saturated heterocycles. The van der Waals surface area contributed by atoms with Crippen LogP contribution in [0.4, 0.5) is 0 Å². The van der Waals surface area contributed by atoms with E-state index >= 15 is 0 Å². The zero-order valence-electron chi connectivity index (χ0n) is 10.7. The van der Waals surface area contributed by atoms with Crippen LogP contribution in [0.15, 0.2) is 36.4 Å². The van der Waals surface area contributed by atoms with Gasteiger partial charge < -0.3 is 4.74 Å². The first-order chi connectivity index (χ1) is 9.63. The highest BCUT2D eigenvalue weighted by atomic mass is 79.9. The Balaban J connectivity index is 1.78. The van der Waals surface area contributed by atoms with Gasteiger partial charge in [-0.3, -0.25) is 0 Å². The quantitative estimate of drug-likeness (QED) is 0.628. The van der Waals surface area contributed by atoms with Gasteiger partial charge in [0.1, 0.15) is 0 Å². The fraction of sp³-hybridized carbons (Fsp3) is 0.250. The van der Waals surface area contributed by atoms with Crippen molar-refractivity contribution in [1.29, 1.82) is 0 Å². The molecule has 1 aliphatic heterocycles. The number of alkyl halides is 1. The average molecular weight is 372 g/mol. The summed E-state index contributed by atoms with van der Waals surface area (Å²) in [6, 6.07) is 12.3. The van der Waals surface area contributed by atoms with Crippen LogP contribution in [-0.4, -0.2) is 0 Å². The fourth-order valence-electron chi connectivity index (χ4n) is 2.38. The van der Waals surface area contributed by atoms with Gasteiger partial charge in [0.15, 0.2) is 0 Å². The molecule has 1 atom stereocenters. The molecular weight excluding hydrogens is 359 g/mol. The SMILES string of the molecule is Clc1ccc(CC(Br)c2ccc3c(c2)COC3)cc1Cl. The number of hydrogen-bond acceptors (Lipinski definition) is 1. The minimum atomic E-state index is 0.255. The lowest BCUT2D eigenvalue weighted by Crippen LogP contribution is -1.97. The fourth-order valence-corrected chi connectivity index (χ4v) is 3.36. The van der Waals surface area contributed by atoms with Crippen LogP contribution in [0.2, 0.25) is 10.0 Å². The van der Waals surface area contributed by atoms with E-state index in [9.17, 15) is 0 Å². The smallest absolute Gasteiger partial charge is 0.0725 e. The molecule has 1 nitrogen and oxygen atoms in total. The van der Waals surface area contributed by atoms with E-state index in [1.807, 2.05) is 18.2 Å². The molecule has 0 fully saturated rings. The second-order valence-corrected chi connectivity index (χ2v) is 6.86. The number of ether oxygens (including phenoxy) is 1. The summed E-state index contributed by atoms with van der Waals surface area (Å²) in [7, 11) is 0. The first-order valence-electron chi connectivity index (χ1n) is 6.41. The van der Waals surface area contributed by atoms with Crippen molar-refractivity contribution in [3.05, 3.63) is 68.7 Å². The molecule has 1 aliphatic rings. The summed E-state index contributed by atoms with van der Waals surface area (Å²) in [6.45, 7) is 1.45. The normalized spacial score (nSPS) is 15.2. The predicted molar refractivity (Wildman–Crippen MR) is 86.8 cm³/mol. The first-order valence-corrected chi connectivity index (χ1v) is 8.08. The number of rotatable bonds is 3. The maximum absolute atomic E-state index is 6.06. The van der Waals surface area contributed by atoms with E-state index in [0.717, 1.165) is 25.2 Å². The molecule has 1 heterocycles. The van der Waals surface area contributed by atoms with Crippen molar-refractivity contribution in [2.75, 3.05) is 0 Å². The van der Waals surface area contributed by atoms with Crippen LogP contribution >= 0.6 is 39.1 Å². The van der Waals surface area contributed by atoms with Gasteiger partial charge in [0.2, 0.25) is 0 Å². The summed E-state index contributed by atoms with van der Waals surface area (Å²) in [5.41, 5.74) is 5.02. The summed E-state index contributed by atoms with van der Waals surface area (Å²) in [5, 5.41) is 1.20. The highest BCUT2D eigenvalue weighted by Crippen LogP contribution is 2.32. The van der Waals surface area contributed by atoms with Crippen molar-refractivity contribution in [2.45, 2.75) is 24.5 Å². The topological polar surface area (TPSA) is 9.23 Å². The van der Waals surface area contributed by atoms with Gasteiger partial charge in [-0.25, -0.2) is 0 Å². The maximum atomic E-state index is 6.06. The van der Waals surface area contributed by atoms with E-state index in [0.29, 0.717) is 10.0 Å². The Hall–Kier alpha value is -0.540. The van der Waals surface area contributed by atoms with Gasteiger partial charge >= 0.3 is 0 Å². The molecule has 0 aliphatic carbocycles. The summed E-state index contributed by atoms with van der Waals surface area (Å²) in [6.07, 6.45) is 0.872. The van der Waals surface area contributed by atoms with Crippen molar-refractivity contribution in [2.24, 2.45) is 0 Å². The highest BCUT2D eigenvalue weighted by molar-refractivity contribution is 9.09. The van der Waals surface area contributed by atoms with E-state index in [-0.39, 0.29) is 4.83 Å². The van der Waals surface area contributed by atoms with Gasteiger partial charge in [0.25, 0.3) is 0 Å². The molecule has 3 rings (SSSR count). The van der Waals surface area contributed by atoms with Crippen molar-refractivity contribution in [3.8, 4) is 0 Å². The van der Waals surface area contributed by atoms with Crippen LogP contribution in [0.1, 0.15) is 27.1 Å². The summed E-state index contributed by atoms with van der Waals surface area (Å²) < 4.78 is 5.45. The van der Waals surface area contributed by atoms with E-state index in [4.69, 9.17) is 27.9 Å². The molecule has 0 N–H and O–H groups in total. The molecule has 0 spiro atoms. The molecule has 4 heteroatoms. The number of benzene rings is 2. The van der Waals surface area contributed by atoms with Gasteiger partial charge in [-0.2, -0.15) is 0 Å². The van der Waals surface area contributed by atoms with Crippen LogP contribution in [0.3, 0.4) is 0 Å². The van der Waals surface area contributed by atoms with Gasteiger partial charge in [-0.15, -0.1) is 0 Å². The lowest BCUT2D eigenvalue weighted by Gasteiger charge is -2.12. The molecular formula is C16H13BrCl2O. The standard InChI is InChI=1S/C16H13BrCl2O/c17-14(5-10-1-4-15(18)16(19)6-10)11-2-3-12-8-20-9-13(12)7-11/h1-4,6-7,14H,5,8-9H2. The number of halogens is 3. The van der Waals surface area contributed by atoms with E-state index in [1.54, 1.807) is 0 Å². The molecule has 0 amide bonds. The summed E-state index contributed by atoms with van der Waals surface area (Å²) >= 11 is 15.8. The lowest BCUT2D eigenvalue weighted by atomic mass is 10.0. The van der Waals surface area contributed by atoms with Gasteiger partial charge in [-0.1, -0.05) is 63.4 Å². The van der Waals surface area contributed by atoms with Crippen LogP contribution in [-0.2, 0) is 24.4 Å². The van der Waals surface area contributed by atoms with Gasteiger partial charge in [-0.05, 0) is 40.8 Å². The van der Waals surface area contributed by atoms with Crippen LogP contribution in [0, 0.1) is 0 Å². The zero-order valence-corrected chi connectivity index (χ0v) is 13.8. The van der Waals surface area contributed by atoms with Crippen molar-refractivity contribution in [3.63, 3.8) is 0 Å². The third-order valence-electron chi connectivity index (χ3n) is 3.51. The molecule has 2 aromatic rings. The average Bonchev–Trinajstić information content (AvgIpc) is 2.90. The minimum absolute atomic E-state index is 0.255. The van der Waals surface area contributed by atoms with Gasteiger partial charge in [0.05, 0.1) is 23.3 Å². The van der Waals surface area contributed by atoms with Gasteiger partial charge in [0, 0.05) is 4.83 Å². The second kappa shape index (κ2) is 6.07. The van der Waals surface area contributed by atoms with E-state index < -0.39 is 0 Å². The Morgan fingerprint density at radius 3 is 2.60 bits per heavy atom. The largest absolute Gasteiger partial charge is 0.372 e. The van der Waals surface area contributed by atoms with Crippen LogP contribution in [0.5, 0.6) is 0 Å².